The number of aryl methyl sites for hydroxylation is 1. The van der Waals surface area contributed by atoms with Gasteiger partial charge in [0, 0.05) is 36.6 Å². The molecule has 24 heavy (non-hydrogen) atoms. The molecule has 1 aromatic carbocycles. The molecule has 2 N–H and O–H groups in total. The third-order valence-electron chi connectivity index (χ3n) is 4.23. The van der Waals surface area contributed by atoms with E-state index in [0.717, 1.165) is 49.7 Å². The van der Waals surface area contributed by atoms with Crippen LogP contribution in [0.5, 0.6) is 0 Å². The van der Waals surface area contributed by atoms with Crippen LogP contribution in [0.2, 0.25) is 0 Å². The van der Waals surface area contributed by atoms with Gasteiger partial charge in [0.2, 0.25) is 5.95 Å². The molecule has 1 unspecified atom stereocenters. The molecule has 0 bridgehead atoms. The number of halogens is 1. The van der Waals surface area contributed by atoms with Crippen LogP contribution in [-0.4, -0.2) is 35.6 Å². The van der Waals surface area contributed by atoms with Gasteiger partial charge in [0.15, 0.2) is 0 Å². The molecule has 0 aliphatic carbocycles. The average Bonchev–Trinajstić information content (AvgIpc) is 3.06. The molecule has 0 amide bonds. The molecule has 6 heteroatoms. The maximum Gasteiger partial charge on any atom is 0.229 e. The van der Waals surface area contributed by atoms with E-state index in [9.17, 15) is 4.39 Å². The molecule has 0 radical (unpaired) electrons. The lowest BCUT2D eigenvalue weighted by Crippen LogP contribution is -2.32. The van der Waals surface area contributed by atoms with E-state index in [2.05, 4.69) is 45.4 Å². The maximum atomic E-state index is 13.0. The predicted octanol–water partition coefficient (Wildman–Crippen LogP) is 3.11. The second kappa shape index (κ2) is 7.57. The van der Waals surface area contributed by atoms with Gasteiger partial charge in [0.25, 0.3) is 0 Å². The first kappa shape index (κ1) is 16.6. The van der Waals surface area contributed by atoms with Crippen LogP contribution in [0.15, 0.2) is 30.3 Å². The molecule has 3 rings (SSSR count). The van der Waals surface area contributed by atoms with E-state index in [4.69, 9.17) is 0 Å². The summed E-state index contributed by atoms with van der Waals surface area (Å²) in [6, 6.07) is 8.80. The van der Waals surface area contributed by atoms with Crippen LogP contribution < -0.4 is 15.5 Å². The summed E-state index contributed by atoms with van der Waals surface area (Å²) in [7, 11) is 0. The number of benzene rings is 1. The van der Waals surface area contributed by atoms with Crippen LogP contribution in [0.25, 0.3) is 0 Å². The Morgan fingerprint density at radius 3 is 2.71 bits per heavy atom. The summed E-state index contributed by atoms with van der Waals surface area (Å²) < 4.78 is 13.0. The number of nitrogens with zero attached hydrogens (tertiary/aromatic N) is 3. The van der Waals surface area contributed by atoms with Crippen LogP contribution in [0.1, 0.15) is 26.0 Å². The highest BCUT2D eigenvalue weighted by molar-refractivity contribution is 5.56. The number of nitrogens with one attached hydrogen (secondary N) is 2. The van der Waals surface area contributed by atoms with E-state index < -0.39 is 0 Å². The fourth-order valence-corrected chi connectivity index (χ4v) is 2.97. The van der Waals surface area contributed by atoms with Gasteiger partial charge in [-0.15, -0.1) is 0 Å². The largest absolute Gasteiger partial charge is 0.355 e. The monoisotopic (exact) mass is 329 g/mol. The van der Waals surface area contributed by atoms with Gasteiger partial charge in [-0.3, -0.25) is 0 Å². The molecule has 1 saturated heterocycles. The van der Waals surface area contributed by atoms with Gasteiger partial charge in [-0.1, -0.05) is 13.8 Å². The molecule has 2 heterocycles. The second-order valence-corrected chi connectivity index (χ2v) is 6.02. The fourth-order valence-electron chi connectivity index (χ4n) is 2.97. The molecule has 1 aliphatic heterocycles. The molecule has 5 nitrogen and oxygen atoms in total. The van der Waals surface area contributed by atoms with Crippen molar-refractivity contribution in [2.75, 3.05) is 29.9 Å². The number of anilines is 3. The Morgan fingerprint density at radius 2 is 2.00 bits per heavy atom. The molecule has 1 fully saturated rings. The van der Waals surface area contributed by atoms with Gasteiger partial charge in [-0.2, -0.15) is 4.98 Å². The Morgan fingerprint density at radius 1 is 1.21 bits per heavy atom. The summed E-state index contributed by atoms with van der Waals surface area (Å²) in [4.78, 5) is 11.5. The first-order valence-corrected chi connectivity index (χ1v) is 8.56. The van der Waals surface area contributed by atoms with E-state index in [-0.39, 0.29) is 5.82 Å². The predicted molar refractivity (Wildman–Crippen MR) is 95.4 cm³/mol. The van der Waals surface area contributed by atoms with E-state index in [1.54, 1.807) is 12.1 Å². The second-order valence-electron chi connectivity index (χ2n) is 6.02. The number of aromatic nitrogens is 2. The number of likely N-dealkylation sites (N-methyl/N-ethyl adjacent to an activating group) is 1. The third-order valence-corrected chi connectivity index (χ3v) is 4.23. The highest BCUT2D eigenvalue weighted by Crippen LogP contribution is 2.22. The summed E-state index contributed by atoms with van der Waals surface area (Å²) in [5, 5.41) is 6.67. The van der Waals surface area contributed by atoms with Gasteiger partial charge < -0.3 is 15.5 Å². The normalized spacial score (nSPS) is 17.3. The molecule has 0 spiro atoms. The van der Waals surface area contributed by atoms with Crippen molar-refractivity contribution in [2.24, 2.45) is 0 Å². The topological polar surface area (TPSA) is 53.1 Å². The standard InChI is InChI=1S/C18H24FN5/c1-3-14-11-17(24-10-9-16(12-24)20-4-2)23-18(21-14)22-15-7-5-13(19)6-8-15/h5-8,11,16,20H,3-4,9-10,12H2,1-2H3,(H,21,22,23). The zero-order chi connectivity index (χ0) is 16.9. The Labute approximate surface area is 142 Å². The molecular formula is C18H24FN5. The third kappa shape index (κ3) is 4.00. The summed E-state index contributed by atoms with van der Waals surface area (Å²) >= 11 is 0. The van der Waals surface area contributed by atoms with Crippen molar-refractivity contribution >= 4 is 17.5 Å². The summed E-state index contributed by atoms with van der Waals surface area (Å²) in [6.45, 7) is 7.16. The SMILES string of the molecule is CCNC1CCN(c2cc(CC)nc(Nc3ccc(F)cc3)n2)C1. The van der Waals surface area contributed by atoms with E-state index in [1.165, 1.54) is 12.1 Å². The minimum absolute atomic E-state index is 0.254. The van der Waals surface area contributed by atoms with Gasteiger partial charge in [-0.05, 0) is 43.7 Å². The first-order chi connectivity index (χ1) is 11.7. The van der Waals surface area contributed by atoms with Gasteiger partial charge >= 0.3 is 0 Å². The van der Waals surface area contributed by atoms with E-state index >= 15 is 0 Å². The Balaban J connectivity index is 1.79. The minimum Gasteiger partial charge on any atom is -0.355 e. The number of hydrogen-bond donors (Lipinski definition) is 2. The molecule has 2 aromatic rings. The molecule has 1 aliphatic rings. The van der Waals surface area contributed by atoms with Crippen molar-refractivity contribution in [1.29, 1.82) is 0 Å². The number of rotatable bonds is 6. The van der Waals surface area contributed by atoms with Gasteiger partial charge in [-0.25, -0.2) is 9.37 Å². The molecule has 128 valence electrons. The summed E-state index contributed by atoms with van der Waals surface area (Å²) in [5.74, 6) is 1.26. The Kier molecular flexibility index (Phi) is 5.25. The van der Waals surface area contributed by atoms with Crippen molar-refractivity contribution in [2.45, 2.75) is 32.7 Å². The molecular weight excluding hydrogens is 305 g/mol. The fraction of sp³-hybridized carbons (Fsp3) is 0.444. The van der Waals surface area contributed by atoms with Gasteiger partial charge in [0.05, 0.1) is 0 Å². The molecule has 0 saturated carbocycles. The zero-order valence-corrected chi connectivity index (χ0v) is 14.2. The van der Waals surface area contributed by atoms with E-state index in [0.29, 0.717) is 12.0 Å². The Bertz CT molecular complexity index is 674. The smallest absolute Gasteiger partial charge is 0.229 e. The lowest BCUT2D eigenvalue weighted by atomic mass is 10.3. The van der Waals surface area contributed by atoms with E-state index in [1.807, 2.05) is 0 Å². The minimum atomic E-state index is -0.254. The van der Waals surface area contributed by atoms with Crippen molar-refractivity contribution in [1.82, 2.24) is 15.3 Å². The Hall–Kier alpha value is -2.21. The van der Waals surface area contributed by atoms with Crippen LogP contribution >= 0.6 is 0 Å². The highest BCUT2D eigenvalue weighted by Gasteiger charge is 2.23. The maximum absolute atomic E-state index is 13.0. The van der Waals surface area contributed by atoms with Crippen LogP contribution in [0, 0.1) is 5.82 Å². The van der Waals surface area contributed by atoms with Crippen LogP contribution in [-0.2, 0) is 6.42 Å². The quantitative estimate of drug-likeness (QED) is 0.853. The lowest BCUT2D eigenvalue weighted by Gasteiger charge is -2.19. The highest BCUT2D eigenvalue weighted by atomic mass is 19.1. The van der Waals surface area contributed by atoms with Crippen molar-refractivity contribution < 1.29 is 4.39 Å². The van der Waals surface area contributed by atoms with Crippen molar-refractivity contribution in [3.63, 3.8) is 0 Å². The molecule has 1 atom stereocenters. The first-order valence-electron chi connectivity index (χ1n) is 8.56. The molecule has 1 aromatic heterocycles. The van der Waals surface area contributed by atoms with Crippen LogP contribution in [0.3, 0.4) is 0 Å². The summed E-state index contributed by atoms with van der Waals surface area (Å²) in [5.41, 5.74) is 1.78. The summed E-state index contributed by atoms with van der Waals surface area (Å²) in [6.07, 6.45) is 1.97. The number of hydrogen-bond acceptors (Lipinski definition) is 5. The van der Waals surface area contributed by atoms with Crippen LogP contribution in [0.4, 0.5) is 21.8 Å². The lowest BCUT2D eigenvalue weighted by molar-refractivity contribution is 0.571. The van der Waals surface area contributed by atoms with Crippen molar-refractivity contribution in [3.8, 4) is 0 Å². The zero-order valence-electron chi connectivity index (χ0n) is 14.2. The average molecular weight is 329 g/mol. The van der Waals surface area contributed by atoms with Gasteiger partial charge in [0.1, 0.15) is 11.6 Å². The van der Waals surface area contributed by atoms with Crippen molar-refractivity contribution in [3.05, 3.63) is 41.8 Å².